The van der Waals surface area contributed by atoms with Crippen molar-refractivity contribution in [2.24, 2.45) is 0 Å². The third kappa shape index (κ3) is 9.18. The van der Waals surface area contributed by atoms with Crippen LogP contribution in [0.2, 0.25) is 0 Å². The van der Waals surface area contributed by atoms with E-state index in [0.717, 1.165) is 43.7 Å². The molecule has 1 N–H and O–H groups in total. The van der Waals surface area contributed by atoms with E-state index in [1.54, 1.807) is 36.4 Å². The first-order chi connectivity index (χ1) is 22.5. The minimum atomic E-state index is -0.352. The van der Waals surface area contributed by atoms with E-state index in [4.69, 9.17) is 26.2 Å². The monoisotopic (exact) mass is 668 g/mol. The van der Waals surface area contributed by atoms with Gasteiger partial charge in [0.15, 0.2) is 0 Å². The molecule has 0 aliphatic heterocycles. The van der Waals surface area contributed by atoms with Gasteiger partial charge in [0.05, 0.1) is 29.1 Å². The van der Waals surface area contributed by atoms with Crippen LogP contribution in [-0.4, -0.2) is 27.0 Å². The van der Waals surface area contributed by atoms with Crippen LogP contribution in [0.15, 0.2) is 120 Å². The van der Waals surface area contributed by atoms with E-state index in [1.807, 2.05) is 83.6 Å². The molecule has 0 spiro atoms. The smallest absolute Gasteiger partial charge is 0.338 e. The molecule has 0 atom stereocenters. The number of hydrogen-bond acceptors (Lipinski definition) is 9. The quantitative estimate of drug-likeness (QED) is 0.115. The van der Waals surface area contributed by atoms with E-state index in [-0.39, 0.29) is 31.8 Å². The summed E-state index contributed by atoms with van der Waals surface area (Å²) in [6, 6.07) is 33.3. The van der Waals surface area contributed by atoms with Crippen LogP contribution in [0.1, 0.15) is 41.9 Å². The lowest BCUT2D eigenvalue weighted by Crippen LogP contribution is -2.04. The van der Waals surface area contributed by atoms with Gasteiger partial charge in [0.25, 0.3) is 0 Å². The SMILES string of the molecule is O=C(OCc1nc(-c2ccc(CCl)cc2)cs1)c1ccccc1.O=C(OCc1nc(-c2ccc(CO)cc2)cs1)c1ccccc1. The first-order valence-electron chi connectivity index (χ1n) is 14.2. The topological polar surface area (TPSA) is 98.6 Å². The van der Waals surface area contributed by atoms with Gasteiger partial charge in [-0.15, -0.1) is 34.3 Å². The number of esters is 2. The Morgan fingerprint density at radius 2 is 1.02 bits per heavy atom. The summed E-state index contributed by atoms with van der Waals surface area (Å²) >= 11 is 8.72. The Morgan fingerprint density at radius 1 is 0.609 bits per heavy atom. The Bertz CT molecular complexity index is 1700. The summed E-state index contributed by atoms with van der Waals surface area (Å²) in [5.74, 6) is -0.193. The number of halogens is 1. The molecule has 7 nitrogen and oxygen atoms in total. The number of rotatable bonds is 10. The van der Waals surface area contributed by atoms with Crippen molar-refractivity contribution in [2.75, 3.05) is 0 Å². The number of alkyl halides is 1. The van der Waals surface area contributed by atoms with E-state index in [2.05, 4.69) is 9.97 Å². The normalized spacial score (nSPS) is 10.5. The molecule has 0 bridgehead atoms. The predicted molar refractivity (Wildman–Crippen MR) is 182 cm³/mol. The van der Waals surface area contributed by atoms with Crippen LogP contribution < -0.4 is 0 Å². The maximum atomic E-state index is 11.9. The van der Waals surface area contributed by atoms with Crippen molar-refractivity contribution in [1.82, 2.24) is 9.97 Å². The fraction of sp³-hybridized carbons (Fsp3) is 0.111. The number of aliphatic hydroxyl groups is 1. The largest absolute Gasteiger partial charge is 0.455 e. The second-order valence-electron chi connectivity index (χ2n) is 9.82. The molecule has 0 unspecified atom stereocenters. The zero-order valence-electron chi connectivity index (χ0n) is 24.5. The maximum absolute atomic E-state index is 11.9. The molecular weight excluding hydrogens is 640 g/mol. The second kappa shape index (κ2) is 16.6. The van der Waals surface area contributed by atoms with Gasteiger partial charge in [0.2, 0.25) is 0 Å². The number of hydrogen-bond donors (Lipinski definition) is 1. The first kappa shape index (κ1) is 32.7. The highest BCUT2D eigenvalue weighted by atomic mass is 35.5. The van der Waals surface area contributed by atoms with Crippen LogP contribution in [0.4, 0.5) is 0 Å². The zero-order chi connectivity index (χ0) is 32.1. The minimum Gasteiger partial charge on any atom is -0.455 e. The van der Waals surface area contributed by atoms with Gasteiger partial charge in [0.1, 0.15) is 23.2 Å². The van der Waals surface area contributed by atoms with E-state index in [0.29, 0.717) is 17.0 Å². The van der Waals surface area contributed by atoms with Gasteiger partial charge in [-0.2, -0.15) is 0 Å². The Hall–Kier alpha value is -4.67. The number of benzene rings is 4. The highest BCUT2D eigenvalue weighted by Crippen LogP contribution is 2.24. The number of thiazole rings is 2. The molecule has 0 aliphatic rings. The molecule has 2 aromatic heterocycles. The molecule has 6 rings (SSSR count). The maximum Gasteiger partial charge on any atom is 0.338 e. The average Bonchev–Trinajstić information content (AvgIpc) is 3.81. The molecule has 6 aromatic rings. The van der Waals surface area contributed by atoms with Gasteiger partial charge in [-0.25, -0.2) is 19.6 Å². The van der Waals surface area contributed by atoms with Crippen LogP contribution >= 0.6 is 34.3 Å². The van der Waals surface area contributed by atoms with Crippen molar-refractivity contribution >= 4 is 46.2 Å². The van der Waals surface area contributed by atoms with Crippen LogP contribution in [0.3, 0.4) is 0 Å². The number of aromatic nitrogens is 2. The zero-order valence-corrected chi connectivity index (χ0v) is 26.9. The van der Waals surface area contributed by atoms with Crippen LogP contribution in [0.25, 0.3) is 22.5 Å². The molecule has 0 fully saturated rings. The summed E-state index contributed by atoms with van der Waals surface area (Å²) in [4.78, 5) is 32.8. The highest BCUT2D eigenvalue weighted by Gasteiger charge is 2.11. The van der Waals surface area contributed by atoms with Gasteiger partial charge in [-0.1, -0.05) is 84.9 Å². The lowest BCUT2D eigenvalue weighted by molar-refractivity contribution is 0.0464. The lowest BCUT2D eigenvalue weighted by Gasteiger charge is -2.02. The molecule has 0 radical (unpaired) electrons. The van der Waals surface area contributed by atoms with Crippen molar-refractivity contribution in [3.05, 3.63) is 152 Å². The van der Waals surface area contributed by atoms with E-state index in [1.165, 1.54) is 22.7 Å². The fourth-order valence-corrected chi connectivity index (χ4v) is 5.74. The summed E-state index contributed by atoms with van der Waals surface area (Å²) in [5.41, 5.74) is 6.72. The number of carbonyl (C=O) groups is 2. The van der Waals surface area contributed by atoms with Crippen molar-refractivity contribution < 1.29 is 24.2 Å². The van der Waals surface area contributed by atoms with Crippen LogP contribution in [0.5, 0.6) is 0 Å². The molecule has 2 heterocycles. The number of carbonyl (C=O) groups excluding carboxylic acids is 2. The average molecular weight is 669 g/mol. The van der Waals surface area contributed by atoms with Gasteiger partial charge in [-0.3, -0.25) is 0 Å². The summed E-state index contributed by atoms with van der Waals surface area (Å²) in [5, 5.41) is 14.5. The Kier molecular flexibility index (Phi) is 11.8. The number of nitrogens with zero attached hydrogens (tertiary/aromatic N) is 2. The third-order valence-corrected chi connectivity index (χ3v) is 8.57. The molecule has 0 saturated heterocycles. The van der Waals surface area contributed by atoms with Gasteiger partial charge in [0, 0.05) is 27.8 Å². The predicted octanol–water partition coefficient (Wildman–Crippen LogP) is 8.57. The van der Waals surface area contributed by atoms with Gasteiger partial charge in [-0.05, 0) is 35.4 Å². The van der Waals surface area contributed by atoms with E-state index < -0.39 is 0 Å². The molecule has 0 amide bonds. The van der Waals surface area contributed by atoms with Gasteiger partial charge < -0.3 is 14.6 Å². The molecule has 46 heavy (non-hydrogen) atoms. The van der Waals surface area contributed by atoms with Crippen molar-refractivity contribution in [2.45, 2.75) is 25.7 Å². The molecule has 10 heteroatoms. The van der Waals surface area contributed by atoms with E-state index >= 15 is 0 Å². The first-order valence-corrected chi connectivity index (χ1v) is 16.5. The Morgan fingerprint density at radius 3 is 1.41 bits per heavy atom. The van der Waals surface area contributed by atoms with E-state index in [9.17, 15) is 9.59 Å². The second-order valence-corrected chi connectivity index (χ2v) is 12.0. The summed E-state index contributed by atoms with van der Waals surface area (Å²) in [6.45, 7) is 0.364. The molecule has 232 valence electrons. The Balaban J connectivity index is 0.000000181. The number of ether oxygens (including phenoxy) is 2. The van der Waals surface area contributed by atoms with Crippen molar-refractivity contribution in [1.29, 1.82) is 0 Å². The summed E-state index contributed by atoms with van der Waals surface area (Å²) in [7, 11) is 0. The highest BCUT2D eigenvalue weighted by molar-refractivity contribution is 7.10. The molecule has 0 aliphatic carbocycles. The molecule has 4 aromatic carbocycles. The van der Waals surface area contributed by atoms with Crippen molar-refractivity contribution in [3.8, 4) is 22.5 Å². The lowest BCUT2D eigenvalue weighted by atomic mass is 10.1. The summed E-state index contributed by atoms with van der Waals surface area (Å²) in [6.07, 6.45) is 0. The Labute approximate surface area is 279 Å². The standard InChI is InChI=1S/C18H14ClNO2S.C18H15NO3S/c19-10-13-6-8-14(9-7-13)16-12-23-17(20-16)11-22-18(21)15-4-2-1-3-5-15;20-10-13-6-8-14(9-7-13)16-12-23-17(19-16)11-22-18(21)15-4-2-1-3-5-15/h1-9,12H,10-11H2;1-9,12,20H,10-11H2. The van der Waals surface area contributed by atoms with Crippen LogP contribution in [0, 0.1) is 0 Å². The minimum absolute atomic E-state index is 0.0258. The van der Waals surface area contributed by atoms with Crippen molar-refractivity contribution in [3.63, 3.8) is 0 Å². The fourth-order valence-electron chi connectivity index (χ4n) is 4.13. The number of aliphatic hydroxyl groups excluding tert-OH is 1. The van der Waals surface area contributed by atoms with Gasteiger partial charge >= 0.3 is 11.9 Å². The molecule has 0 saturated carbocycles. The molecular formula is C36H29ClN2O5S2. The third-order valence-electron chi connectivity index (χ3n) is 6.61. The van der Waals surface area contributed by atoms with Crippen LogP contribution in [-0.2, 0) is 35.2 Å². The summed E-state index contributed by atoms with van der Waals surface area (Å²) < 4.78 is 10.6.